The van der Waals surface area contributed by atoms with E-state index in [0.29, 0.717) is 17.9 Å². The topological polar surface area (TPSA) is 81.0 Å². The Kier molecular flexibility index (Phi) is 6.04. The molecule has 8 nitrogen and oxygen atoms in total. The molecule has 2 fully saturated rings. The van der Waals surface area contributed by atoms with Gasteiger partial charge in [0.1, 0.15) is 5.82 Å². The summed E-state index contributed by atoms with van der Waals surface area (Å²) in [6.45, 7) is 8.20. The van der Waals surface area contributed by atoms with E-state index < -0.39 is 0 Å². The molecule has 0 unspecified atom stereocenters. The van der Waals surface area contributed by atoms with Crippen LogP contribution in [0.1, 0.15) is 39.5 Å². The van der Waals surface area contributed by atoms with Gasteiger partial charge in [-0.3, -0.25) is 4.68 Å². The summed E-state index contributed by atoms with van der Waals surface area (Å²) in [5.41, 5.74) is 0. The van der Waals surface area contributed by atoms with Crippen molar-refractivity contribution < 1.29 is 4.74 Å². The molecule has 0 aliphatic carbocycles. The number of hydrogen-bond donors (Lipinski definition) is 1. The molecule has 152 valence electrons. The number of nitrogens with zero attached hydrogens (tertiary/aromatic N) is 6. The van der Waals surface area contributed by atoms with Crippen molar-refractivity contribution in [2.24, 2.45) is 11.8 Å². The van der Waals surface area contributed by atoms with E-state index in [1.54, 1.807) is 6.20 Å². The average Bonchev–Trinajstić information content (AvgIpc) is 3.22. The zero-order valence-corrected chi connectivity index (χ0v) is 16.9. The van der Waals surface area contributed by atoms with Crippen LogP contribution in [0.4, 0.5) is 11.8 Å². The van der Waals surface area contributed by atoms with Gasteiger partial charge in [-0.1, -0.05) is 19.1 Å². The van der Waals surface area contributed by atoms with Gasteiger partial charge < -0.3 is 15.0 Å². The third kappa shape index (κ3) is 4.60. The van der Waals surface area contributed by atoms with Crippen LogP contribution < -0.4 is 10.2 Å². The maximum Gasteiger partial charge on any atom is 0.227 e. The molecule has 4 rings (SSSR count). The van der Waals surface area contributed by atoms with Gasteiger partial charge in [-0.15, -0.1) is 5.10 Å². The molecule has 2 saturated heterocycles. The third-order valence-corrected chi connectivity index (χ3v) is 5.81. The van der Waals surface area contributed by atoms with E-state index in [-0.39, 0.29) is 6.10 Å². The minimum Gasteiger partial charge on any atom is -0.376 e. The van der Waals surface area contributed by atoms with Crippen LogP contribution in [0.2, 0.25) is 0 Å². The number of aromatic nitrogens is 5. The van der Waals surface area contributed by atoms with Crippen LogP contribution in [0.15, 0.2) is 24.7 Å². The van der Waals surface area contributed by atoms with Gasteiger partial charge in [0.2, 0.25) is 5.95 Å². The lowest BCUT2D eigenvalue weighted by Gasteiger charge is -2.35. The molecule has 0 aromatic carbocycles. The zero-order valence-electron chi connectivity index (χ0n) is 16.9. The Morgan fingerprint density at radius 1 is 1.21 bits per heavy atom. The maximum atomic E-state index is 6.00. The molecule has 2 aliphatic rings. The van der Waals surface area contributed by atoms with E-state index in [1.165, 1.54) is 0 Å². The molecule has 1 N–H and O–H groups in total. The molecule has 0 spiro atoms. The highest BCUT2D eigenvalue weighted by Crippen LogP contribution is 2.25. The molecule has 0 saturated carbocycles. The molecule has 0 bridgehead atoms. The zero-order chi connectivity index (χ0) is 19.3. The molecule has 0 radical (unpaired) electrons. The van der Waals surface area contributed by atoms with E-state index >= 15 is 0 Å². The van der Waals surface area contributed by atoms with Gasteiger partial charge in [0, 0.05) is 38.6 Å². The predicted octanol–water partition coefficient (Wildman–Crippen LogP) is 2.60. The minimum atomic E-state index is 0.236. The molecular formula is C20H31N7O. The molecule has 2 aromatic rings. The Hall–Kier alpha value is -2.22. The third-order valence-electron chi connectivity index (χ3n) is 5.81. The van der Waals surface area contributed by atoms with Gasteiger partial charge in [0.15, 0.2) is 0 Å². The molecule has 2 aliphatic heterocycles. The van der Waals surface area contributed by atoms with E-state index in [1.807, 2.05) is 23.1 Å². The van der Waals surface area contributed by atoms with Crippen LogP contribution in [-0.2, 0) is 11.3 Å². The van der Waals surface area contributed by atoms with Gasteiger partial charge >= 0.3 is 0 Å². The summed E-state index contributed by atoms with van der Waals surface area (Å²) >= 11 is 0. The summed E-state index contributed by atoms with van der Waals surface area (Å²) in [4.78, 5) is 11.6. The maximum absolute atomic E-state index is 6.00. The van der Waals surface area contributed by atoms with Crippen LogP contribution in [0.25, 0.3) is 0 Å². The first-order chi connectivity index (χ1) is 13.7. The SMILES string of the molecule is CC(C)[C@H]1OCCC[C@H]1Nc1ccnc(N2CCC(Cn3ccnn3)CC2)n1. The van der Waals surface area contributed by atoms with E-state index in [4.69, 9.17) is 9.72 Å². The van der Waals surface area contributed by atoms with E-state index in [9.17, 15) is 0 Å². The van der Waals surface area contributed by atoms with Crippen molar-refractivity contribution in [1.82, 2.24) is 25.0 Å². The van der Waals surface area contributed by atoms with Crippen LogP contribution in [0.5, 0.6) is 0 Å². The number of rotatable bonds is 6. The van der Waals surface area contributed by atoms with E-state index in [2.05, 4.69) is 39.4 Å². The second-order valence-electron chi connectivity index (χ2n) is 8.27. The monoisotopic (exact) mass is 385 g/mol. The fourth-order valence-corrected chi connectivity index (χ4v) is 4.30. The fraction of sp³-hybridized carbons (Fsp3) is 0.700. The van der Waals surface area contributed by atoms with Gasteiger partial charge in [0.25, 0.3) is 0 Å². The summed E-state index contributed by atoms with van der Waals surface area (Å²) in [6, 6.07) is 2.28. The van der Waals surface area contributed by atoms with Crippen LogP contribution in [-0.4, -0.2) is 56.8 Å². The van der Waals surface area contributed by atoms with Gasteiger partial charge in [-0.2, -0.15) is 4.98 Å². The normalized spacial score (nSPS) is 23.9. The Bertz CT molecular complexity index is 728. The second-order valence-corrected chi connectivity index (χ2v) is 8.27. The number of nitrogens with one attached hydrogen (secondary N) is 1. The highest BCUT2D eigenvalue weighted by atomic mass is 16.5. The van der Waals surface area contributed by atoms with Crippen molar-refractivity contribution in [1.29, 1.82) is 0 Å². The van der Waals surface area contributed by atoms with Crippen LogP contribution in [0.3, 0.4) is 0 Å². The van der Waals surface area contributed by atoms with Crippen molar-refractivity contribution in [3.63, 3.8) is 0 Å². The molecule has 0 amide bonds. The highest BCUT2D eigenvalue weighted by Gasteiger charge is 2.29. The summed E-state index contributed by atoms with van der Waals surface area (Å²) in [6.07, 6.45) is 10.2. The quantitative estimate of drug-likeness (QED) is 0.818. The van der Waals surface area contributed by atoms with Crippen molar-refractivity contribution in [3.05, 3.63) is 24.7 Å². The van der Waals surface area contributed by atoms with Crippen molar-refractivity contribution in [2.75, 3.05) is 29.9 Å². The Labute approximate surface area is 166 Å². The van der Waals surface area contributed by atoms with Crippen molar-refractivity contribution >= 4 is 11.8 Å². The summed E-state index contributed by atoms with van der Waals surface area (Å²) in [7, 11) is 0. The molecule has 8 heteroatoms. The first-order valence-corrected chi connectivity index (χ1v) is 10.5. The molecule has 2 atom stereocenters. The Morgan fingerprint density at radius 3 is 2.82 bits per heavy atom. The van der Waals surface area contributed by atoms with Crippen molar-refractivity contribution in [3.8, 4) is 0 Å². The average molecular weight is 386 g/mol. The lowest BCUT2D eigenvalue weighted by atomic mass is 9.94. The molecule has 4 heterocycles. The lowest BCUT2D eigenvalue weighted by molar-refractivity contribution is -0.0203. The van der Waals surface area contributed by atoms with Crippen molar-refractivity contribution in [2.45, 2.75) is 58.2 Å². The summed E-state index contributed by atoms with van der Waals surface area (Å²) in [5.74, 6) is 2.84. The van der Waals surface area contributed by atoms with Crippen LogP contribution >= 0.6 is 0 Å². The minimum absolute atomic E-state index is 0.236. The summed E-state index contributed by atoms with van der Waals surface area (Å²) in [5, 5.41) is 11.6. The summed E-state index contributed by atoms with van der Waals surface area (Å²) < 4.78 is 7.93. The Morgan fingerprint density at radius 2 is 2.07 bits per heavy atom. The number of anilines is 2. The molecule has 2 aromatic heterocycles. The largest absolute Gasteiger partial charge is 0.376 e. The first kappa shape index (κ1) is 19.1. The van der Waals surface area contributed by atoms with Crippen LogP contribution in [0, 0.1) is 11.8 Å². The highest BCUT2D eigenvalue weighted by molar-refractivity contribution is 5.42. The van der Waals surface area contributed by atoms with Gasteiger partial charge in [-0.25, -0.2) is 4.98 Å². The Balaban J connectivity index is 1.35. The smallest absolute Gasteiger partial charge is 0.227 e. The first-order valence-electron chi connectivity index (χ1n) is 10.5. The second kappa shape index (κ2) is 8.86. The number of ether oxygens (including phenoxy) is 1. The van der Waals surface area contributed by atoms with Gasteiger partial charge in [-0.05, 0) is 43.6 Å². The standard InChI is InChI=1S/C20H31N7O/c1-15(2)19-17(4-3-13-28-19)23-18-5-8-21-20(24-18)26-10-6-16(7-11-26)14-27-12-9-22-25-27/h5,8-9,12,15-17,19H,3-4,6-7,10-11,13-14H2,1-2H3,(H,21,23,24)/t17-,19-/m1/s1. The number of piperidine rings is 1. The lowest BCUT2D eigenvalue weighted by Crippen LogP contribution is -2.43. The molecule has 28 heavy (non-hydrogen) atoms. The number of hydrogen-bond acceptors (Lipinski definition) is 7. The van der Waals surface area contributed by atoms with Gasteiger partial charge in [0.05, 0.1) is 18.3 Å². The fourth-order valence-electron chi connectivity index (χ4n) is 4.30. The molecular weight excluding hydrogens is 354 g/mol. The van der Waals surface area contributed by atoms with E-state index in [0.717, 1.165) is 63.7 Å². The predicted molar refractivity (Wildman–Crippen MR) is 108 cm³/mol.